The third-order valence-corrected chi connectivity index (χ3v) is 6.36. The van der Waals surface area contributed by atoms with Gasteiger partial charge < -0.3 is 9.47 Å². The van der Waals surface area contributed by atoms with Crippen molar-refractivity contribution >= 4 is 48.3 Å². The molecule has 0 aliphatic heterocycles. The number of carbonyl (C=O) groups is 1. The van der Waals surface area contributed by atoms with Crippen LogP contribution in [0.3, 0.4) is 0 Å². The van der Waals surface area contributed by atoms with Gasteiger partial charge in [0.25, 0.3) is 0 Å². The van der Waals surface area contributed by atoms with Crippen LogP contribution in [0.5, 0.6) is 0 Å². The summed E-state index contributed by atoms with van der Waals surface area (Å²) < 4.78 is 26.4. The summed E-state index contributed by atoms with van der Waals surface area (Å²) in [6, 6.07) is 15.2. The molecular weight excluding hydrogens is 408 g/mol. The first-order chi connectivity index (χ1) is 13.8. The minimum Gasteiger partial charge on any atom is -0.337 e. The number of thiazole rings is 1. The number of aromatic nitrogens is 3. The third-order valence-electron chi connectivity index (χ3n) is 4.55. The van der Waals surface area contributed by atoms with E-state index in [2.05, 4.69) is 9.97 Å². The van der Waals surface area contributed by atoms with Crippen LogP contribution in [0.4, 0.5) is 0 Å². The van der Waals surface area contributed by atoms with Gasteiger partial charge in [0.15, 0.2) is 9.84 Å². The zero-order valence-corrected chi connectivity index (χ0v) is 17.7. The summed E-state index contributed by atoms with van der Waals surface area (Å²) in [6.45, 7) is 0.416. The Bertz CT molecular complexity index is 1270. The number of para-hydroxylation sites is 3. The fourth-order valence-electron chi connectivity index (χ4n) is 3.18. The highest BCUT2D eigenvalue weighted by Crippen LogP contribution is 2.23. The highest BCUT2D eigenvalue weighted by atomic mass is 32.2. The Hall–Kier alpha value is -2.78. The molecule has 0 aliphatic carbocycles. The Morgan fingerprint density at radius 2 is 1.76 bits per heavy atom. The van der Waals surface area contributed by atoms with E-state index in [1.165, 1.54) is 0 Å². The Labute approximate surface area is 172 Å². The summed E-state index contributed by atoms with van der Waals surface area (Å²) in [5.74, 6) is 0.0221. The van der Waals surface area contributed by atoms with E-state index in [9.17, 15) is 13.2 Å². The molecule has 2 heterocycles. The molecule has 9 heteroatoms. The van der Waals surface area contributed by atoms with Gasteiger partial charge in [-0.25, -0.2) is 18.4 Å². The highest BCUT2D eigenvalue weighted by molar-refractivity contribution is 7.89. The van der Waals surface area contributed by atoms with Crippen molar-refractivity contribution in [1.82, 2.24) is 19.4 Å². The number of likely N-dealkylation sites (N-methyl/N-ethyl adjacent to an activating group) is 1. The highest BCUT2D eigenvalue weighted by Gasteiger charge is 2.19. The van der Waals surface area contributed by atoms with Crippen LogP contribution in [0.25, 0.3) is 21.3 Å². The smallest absolute Gasteiger partial charge is 0.242 e. The molecule has 0 radical (unpaired) electrons. The second-order valence-corrected chi connectivity index (χ2v) is 10.3. The maximum atomic E-state index is 12.9. The second kappa shape index (κ2) is 7.57. The molecule has 0 aliphatic rings. The van der Waals surface area contributed by atoms with E-state index in [4.69, 9.17) is 0 Å². The zero-order valence-electron chi connectivity index (χ0n) is 16.1. The van der Waals surface area contributed by atoms with Gasteiger partial charge in [-0.2, -0.15) is 0 Å². The lowest BCUT2D eigenvalue weighted by molar-refractivity contribution is -0.131. The summed E-state index contributed by atoms with van der Waals surface area (Å²) in [6.07, 6.45) is 1.16. The largest absolute Gasteiger partial charge is 0.337 e. The van der Waals surface area contributed by atoms with Crippen LogP contribution < -0.4 is 0 Å². The van der Waals surface area contributed by atoms with E-state index in [1.807, 2.05) is 48.5 Å². The third kappa shape index (κ3) is 4.30. The van der Waals surface area contributed by atoms with Crippen molar-refractivity contribution in [1.29, 1.82) is 0 Å². The molecule has 7 nitrogen and oxygen atoms in total. The first-order valence-corrected chi connectivity index (χ1v) is 11.9. The summed E-state index contributed by atoms with van der Waals surface area (Å²) >= 11 is 1.56. The fraction of sp³-hybridized carbons (Fsp3) is 0.250. The predicted octanol–water partition coefficient (Wildman–Crippen LogP) is 2.85. The van der Waals surface area contributed by atoms with Crippen molar-refractivity contribution in [3.05, 3.63) is 59.4 Å². The van der Waals surface area contributed by atoms with E-state index in [-0.39, 0.29) is 18.2 Å². The lowest BCUT2D eigenvalue weighted by Crippen LogP contribution is -2.30. The van der Waals surface area contributed by atoms with Gasteiger partial charge in [0.1, 0.15) is 23.1 Å². The van der Waals surface area contributed by atoms with Crippen molar-refractivity contribution in [3.8, 4) is 0 Å². The molecule has 150 valence electrons. The van der Waals surface area contributed by atoms with Crippen LogP contribution >= 0.6 is 11.3 Å². The molecule has 2 aromatic heterocycles. The maximum Gasteiger partial charge on any atom is 0.242 e. The lowest BCUT2D eigenvalue weighted by atomic mass is 10.3. The number of nitrogens with zero attached hydrogens (tertiary/aromatic N) is 4. The van der Waals surface area contributed by atoms with Gasteiger partial charge in [-0.1, -0.05) is 24.3 Å². The number of rotatable bonds is 6. The van der Waals surface area contributed by atoms with Crippen molar-refractivity contribution in [2.24, 2.45) is 0 Å². The number of amides is 1. The number of benzene rings is 2. The number of hydrogen-bond donors (Lipinski definition) is 0. The average molecular weight is 429 g/mol. The van der Waals surface area contributed by atoms with E-state index in [0.29, 0.717) is 17.9 Å². The van der Waals surface area contributed by atoms with Crippen LogP contribution in [-0.4, -0.2) is 47.1 Å². The van der Waals surface area contributed by atoms with Gasteiger partial charge in [-0.3, -0.25) is 4.79 Å². The standard InChI is InChI=1S/C20H20N4O3S2/c1-23(11-19-22-15-8-4-6-10-17(15)28-19)20(25)12-24-16-9-5-3-7-14(16)21-18(24)13-29(2,26)27/h3-10H,11-13H2,1-2H3. The molecule has 0 bridgehead atoms. The quantitative estimate of drug-likeness (QED) is 0.471. The molecule has 0 atom stereocenters. The van der Waals surface area contributed by atoms with Crippen molar-refractivity contribution in [2.45, 2.75) is 18.8 Å². The molecule has 4 rings (SSSR count). The minimum atomic E-state index is -3.28. The lowest BCUT2D eigenvalue weighted by Gasteiger charge is -2.17. The minimum absolute atomic E-state index is 0.0206. The van der Waals surface area contributed by atoms with Crippen LogP contribution in [0.15, 0.2) is 48.5 Å². The predicted molar refractivity (Wildman–Crippen MR) is 114 cm³/mol. The Morgan fingerprint density at radius 1 is 1.07 bits per heavy atom. The van der Waals surface area contributed by atoms with E-state index >= 15 is 0 Å². The SMILES string of the molecule is CN(Cc1nc2ccccc2s1)C(=O)Cn1c(CS(C)(=O)=O)nc2ccccc21. The number of fused-ring (bicyclic) bond motifs is 2. The van der Waals surface area contributed by atoms with Gasteiger partial charge in [0.2, 0.25) is 5.91 Å². The van der Waals surface area contributed by atoms with Crippen LogP contribution in [0, 0.1) is 0 Å². The summed E-state index contributed by atoms with van der Waals surface area (Å²) in [4.78, 5) is 23.5. The molecule has 0 saturated heterocycles. The van der Waals surface area contributed by atoms with Gasteiger partial charge >= 0.3 is 0 Å². The molecule has 0 fully saturated rings. The summed E-state index contributed by atoms with van der Waals surface area (Å²) in [7, 11) is -1.56. The Morgan fingerprint density at radius 3 is 2.48 bits per heavy atom. The average Bonchev–Trinajstić information content (AvgIpc) is 3.21. The van der Waals surface area contributed by atoms with E-state index < -0.39 is 9.84 Å². The monoisotopic (exact) mass is 428 g/mol. The van der Waals surface area contributed by atoms with Crippen LogP contribution in [0.1, 0.15) is 10.8 Å². The molecule has 0 unspecified atom stereocenters. The number of imidazole rings is 1. The van der Waals surface area contributed by atoms with Gasteiger partial charge in [-0.05, 0) is 24.3 Å². The second-order valence-electron chi connectivity index (χ2n) is 7.00. The van der Waals surface area contributed by atoms with Crippen LogP contribution in [-0.2, 0) is 33.5 Å². The first kappa shape index (κ1) is 19.5. The number of hydrogen-bond acceptors (Lipinski definition) is 6. The van der Waals surface area contributed by atoms with Crippen molar-refractivity contribution in [3.63, 3.8) is 0 Å². The van der Waals surface area contributed by atoms with Gasteiger partial charge in [0.05, 0.1) is 27.8 Å². The molecule has 4 aromatic rings. The molecule has 1 amide bonds. The zero-order chi connectivity index (χ0) is 20.6. The molecule has 0 N–H and O–H groups in total. The Balaban J connectivity index is 1.58. The van der Waals surface area contributed by atoms with Crippen LogP contribution in [0.2, 0.25) is 0 Å². The summed E-state index contributed by atoms with van der Waals surface area (Å²) in [5, 5.41) is 0.855. The topological polar surface area (TPSA) is 85.2 Å². The maximum absolute atomic E-state index is 12.9. The molecule has 0 saturated carbocycles. The molecule has 0 spiro atoms. The summed E-state index contributed by atoms with van der Waals surface area (Å²) in [5.41, 5.74) is 2.34. The first-order valence-electron chi connectivity index (χ1n) is 9.00. The van der Waals surface area contributed by atoms with Crippen molar-refractivity contribution in [2.75, 3.05) is 13.3 Å². The van der Waals surface area contributed by atoms with E-state index in [0.717, 1.165) is 27.0 Å². The molecule has 2 aromatic carbocycles. The number of sulfone groups is 1. The van der Waals surface area contributed by atoms with Crippen molar-refractivity contribution < 1.29 is 13.2 Å². The fourth-order valence-corrected chi connectivity index (χ4v) is 4.89. The number of carbonyl (C=O) groups excluding carboxylic acids is 1. The Kier molecular flexibility index (Phi) is 5.10. The molecule has 29 heavy (non-hydrogen) atoms. The molecular formula is C20H20N4O3S2. The normalized spacial score (nSPS) is 11.9. The van der Waals surface area contributed by atoms with Gasteiger partial charge in [-0.15, -0.1) is 11.3 Å². The van der Waals surface area contributed by atoms with Gasteiger partial charge in [0, 0.05) is 13.3 Å². The van der Waals surface area contributed by atoms with E-state index in [1.54, 1.807) is 27.9 Å².